The van der Waals surface area contributed by atoms with Crippen molar-refractivity contribution in [3.63, 3.8) is 0 Å². The fraction of sp³-hybridized carbons (Fsp3) is 0.333. The smallest absolute Gasteiger partial charge is 0.348 e. The van der Waals surface area contributed by atoms with E-state index < -0.39 is 10.9 Å². The second-order valence-corrected chi connectivity index (χ2v) is 2.32. The average molecular weight is 185 g/mol. The quantitative estimate of drug-likeness (QED) is 0.374. The van der Waals surface area contributed by atoms with Gasteiger partial charge in [0.25, 0.3) is 5.88 Å². The topological polar surface area (TPSA) is 87.3 Å². The molecule has 0 aliphatic carbocycles. The third-order valence-corrected chi connectivity index (χ3v) is 1.27. The lowest BCUT2D eigenvalue weighted by Crippen LogP contribution is -2.02. The van der Waals surface area contributed by atoms with Crippen LogP contribution in [0.3, 0.4) is 0 Å². The van der Waals surface area contributed by atoms with Gasteiger partial charge in [0.1, 0.15) is 13.1 Å². The number of nitro groups is 1. The highest BCUT2D eigenvalue weighted by Crippen LogP contribution is 2.17. The Hall–Kier alpha value is -1.92. The predicted molar refractivity (Wildman–Crippen MR) is 41.2 cm³/mol. The molecule has 0 radical (unpaired) electrons. The molecule has 0 aromatic carbocycles. The highest BCUT2D eigenvalue weighted by atomic mass is 16.6. The molecule has 7 nitrogen and oxygen atoms in total. The lowest BCUT2D eigenvalue weighted by atomic mass is 10.6. The highest BCUT2D eigenvalue weighted by molar-refractivity contribution is 5.68. The summed E-state index contributed by atoms with van der Waals surface area (Å²) in [6.07, 6.45) is 0. The molecule has 1 heterocycles. The molecule has 0 atom stereocenters. The summed E-state index contributed by atoms with van der Waals surface area (Å²) in [6, 6.07) is 1.08. The van der Waals surface area contributed by atoms with Crippen molar-refractivity contribution in [1.29, 1.82) is 0 Å². The molecule has 13 heavy (non-hydrogen) atoms. The van der Waals surface area contributed by atoms with Gasteiger partial charge in [-0.2, -0.15) is 0 Å². The fourth-order valence-corrected chi connectivity index (χ4v) is 0.800. The van der Waals surface area contributed by atoms with Crippen molar-refractivity contribution < 1.29 is 14.5 Å². The largest absolute Gasteiger partial charge is 0.404 e. The Morgan fingerprint density at radius 1 is 1.77 bits per heavy atom. The minimum atomic E-state index is -0.611. The van der Waals surface area contributed by atoms with Gasteiger partial charge in [0, 0.05) is 6.92 Å². The minimum absolute atomic E-state index is 0.0679. The molecule has 0 saturated heterocycles. The molecule has 70 valence electrons. The van der Waals surface area contributed by atoms with Crippen LogP contribution in [0.25, 0.3) is 0 Å². The van der Waals surface area contributed by atoms with Crippen molar-refractivity contribution >= 4 is 11.8 Å². The summed E-state index contributed by atoms with van der Waals surface area (Å²) in [5, 5.41) is 13.9. The Kier molecular flexibility index (Phi) is 2.27. The molecule has 0 unspecified atom stereocenters. The van der Waals surface area contributed by atoms with Gasteiger partial charge in [-0.3, -0.25) is 4.79 Å². The van der Waals surface area contributed by atoms with Crippen molar-refractivity contribution in [2.75, 3.05) is 0 Å². The number of esters is 1. The van der Waals surface area contributed by atoms with Crippen LogP contribution in [0.2, 0.25) is 0 Å². The standard InChI is InChI=1S/C6H7N3O4/c1-4(10)13-5-3-6(9(11)12)8(2)7-5/h3H,1-2H3. The number of carbonyl (C=O) groups is 1. The molecule has 0 bridgehead atoms. The monoisotopic (exact) mass is 185 g/mol. The Morgan fingerprint density at radius 2 is 2.38 bits per heavy atom. The number of hydrogen-bond acceptors (Lipinski definition) is 5. The van der Waals surface area contributed by atoms with E-state index in [1.165, 1.54) is 14.0 Å². The van der Waals surface area contributed by atoms with Gasteiger partial charge in [-0.05, 0) is 10.0 Å². The number of ether oxygens (including phenoxy) is 1. The second-order valence-electron chi connectivity index (χ2n) is 2.32. The van der Waals surface area contributed by atoms with Gasteiger partial charge in [0.2, 0.25) is 0 Å². The normalized spacial score (nSPS) is 9.69. The zero-order valence-corrected chi connectivity index (χ0v) is 7.05. The zero-order valence-electron chi connectivity index (χ0n) is 7.05. The van der Waals surface area contributed by atoms with E-state index in [1.54, 1.807) is 0 Å². The first-order valence-corrected chi connectivity index (χ1v) is 3.37. The van der Waals surface area contributed by atoms with E-state index in [1.807, 2.05) is 0 Å². The lowest BCUT2D eigenvalue weighted by Gasteiger charge is -1.89. The van der Waals surface area contributed by atoms with Crippen LogP contribution in [0, 0.1) is 10.1 Å². The van der Waals surface area contributed by atoms with Crippen LogP contribution in [0.15, 0.2) is 6.07 Å². The van der Waals surface area contributed by atoms with Gasteiger partial charge in [0.15, 0.2) is 0 Å². The van der Waals surface area contributed by atoms with E-state index in [-0.39, 0.29) is 11.7 Å². The third kappa shape index (κ3) is 2.01. The zero-order chi connectivity index (χ0) is 10.0. The number of carbonyl (C=O) groups excluding carboxylic acids is 1. The number of nitrogens with zero attached hydrogens (tertiary/aromatic N) is 3. The van der Waals surface area contributed by atoms with Gasteiger partial charge in [-0.15, -0.1) is 4.68 Å². The van der Waals surface area contributed by atoms with Crippen LogP contribution in [0.1, 0.15) is 6.92 Å². The molecule has 7 heteroatoms. The van der Waals surface area contributed by atoms with E-state index >= 15 is 0 Å². The Labute approximate surface area is 73.1 Å². The first kappa shape index (κ1) is 9.17. The van der Waals surface area contributed by atoms with Crippen LogP contribution < -0.4 is 4.74 Å². The number of aryl methyl sites for hydroxylation is 1. The first-order chi connectivity index (χ1) is 6.00. The van der Waals surface area contributed by atoms with E-state index in [0.717, 1.165) is 10.7 Å². The van der Waals surface area contributed by atoms with Gasteiger partial charge >= 0.3 is 11.8 Å². The molecule has 0 spiro atoms. The van der Waals surface area contributed by atoms with Crippen molar-refractivity contribution in [2.45, 2.75) is 6.92 Å². The summed E-state index contributed by atoms with van der Waals surface area (Å²) < 4.78 is 5.58. The van der Waals surface area contributed by atoms with Crippen LogP contribution in [0.5, 0.6) is 5.88 Å². The Bertz CT molecular complexity index is 357. The molecule has 0 amide bonds. The summed E-state index contributed by atoms with van der Waals surface area (Å²) in [4.78, 5) is 20.2. The van der Waals surface area contributed by atoms with E-state index in [9.17, 15) is 14.9 Å². The Morgan fingerprint density at radius 3 is 2.77 bits per heavy atom. The van der Waals surface area contributed by atoms with E-state index in [0.29, 0.717) is 0 Å². The maximum atomic E-state index is 10.5. The molecule has 0 saturated carbocycles. The van der Waals surface area contributed by atoms with Crippen molar-refractivity contribution in [2.24, 2.45) is 7.05 Å². The SMILES string of the molecule is CC(=O)Oc1cc([N+](=O)[O-])n(C)n1. The summed E-state index contributed by atoms with van der Waals surface area (Å²) in [7, 11) is 1.39. The van der Waals surface area contributed by atoms with Crippen LogP contribution in [0.4, 0.5) is 5.82 Å². The molecule has 1 aromatic heterocycles. The van der Waals surface area contributed by atoms with Crippen molar-refractivity contribution in [3.8, 4) is 5.88 Å². The summed E-state index contributed by atoms with van der Waals surface area (Å²) >= 11 is 0. The van der Waals surface area contributed by atoms with Crippen LogP contribution in [-0.4, -0.2) is 20.7 Å². The second kappa shape index (κ2) is 3.21. The molecule has 0 fully saturated rings. The summed E-state index contributed by atoms with van der Waals surface area (Å²) in [5.41, 5.74) is 0. The predicted octanol–water partition coefficient (Wildman–Crippen LogP) is 0.254. The lowest BCUT2D eigenvalue weighted by molar-refractivity contribution is -0.392. The van der Waals surface area contributed by atoms with E-state index in [4.69, 9.17) is 0 Å². The molecule has 0 aliphatic heterocycles. The fourth-order valence-electron chi connectivity index (χ4n) is 0.800. The van der Waals surface area contributed by atoms with Crippen molar-refractivity contribution in [1.82, 2.24) is 9.78 Å². The van der Waals surface area contributed by atoms with Gasteiger partial charge in [-0.25, -0.2) is 0 Å². The maximum absolute atomic E-state index is 10.5. The van der Waals surface area contributed by atoms with Gasteiger partial charge in [0.05, 0.1) is 0 Å². The number of aromatic nitrogens is 2. The molecular formula is C6H7N3O4. The third-order valence-electron chi connectivity index (χ3n) is 1.27. The average Bonchev–Trinajstić information content (AvgIpc) is 2.29. The van der Waals surface area contributed by atoms with Crippen molar-refractivity contribution in [3.05, 3.63) is 16.2 Å². The van der Waals surface area contributed by atoms with Crippen LogP contribution in [-0.2, 0) is 11.8 Å². The molecule has 1 rings (SSSR count). The van der Waals surface area contributed by atoms with Gasteiger partial charge in [-0.1, -0.05) is 0 Å². The first-order valence-electron chi connectivity index (χ1n) is 3.37. The summed E-state index contributed by atoms with van der Waals surface area (Å²) in [6.45, 7) is 1.19. The highest BCUT2D eigenvalue weighted by Gasteiger charge is 2.16. The Balaban J connectivity index is 2.95. The summed E-state index contributed by atoms with van der Waals surface area (Å²) in [5.74, 6) is -0.856. The number of hydrogen-bond donors (Lipinski definition) is 0. The maximum Gasteiger partial charge on any atom is 0.348 e. The molecule has 1 aromatic rings. The van der Waals surface area contributed by atoms with Gasteiger partial charge < -0.3 is 14.9 Å². The van der Waals surface area contributed by atoms with E-state index in [2.05, 4.69) is 9.84 Å². The molecule has 0 aliphatic rings. The molecule has 0 N–H and O–H groups in total. The minimum Gasteiger partial charge on any atom is -0.404 e. The number of rotatable bonds is 2. The molecular weight excluding hydrogens is 178 g/mol. The van der Waals surface area contributed by atoms with Crippen LogP contribution >= 0.6 is 0 Å².